The standard InChI is InChI=1S/C25H32N4O7S/c1-5-35-24(34)29-21(32)15-7-6-8-16(15)27-22(33)23-28-17-10-9-14(13-18(17)37-23)26-19(30)11-12-20(31)36-25(2,3)4/h9-10,13,15-16H,5-8,11-12H2,1-4H3,(H,26,30)(H,27,33)(H,29,32,34). The zero-order valence-corrected chi connectivity index (χ0v) is 22.2. The van der Waals surface area contributed by atoms with E-state index in [2.05, 4.69) is 20.9 Å². The summed E-state index contributed by atoms with van der Waals surface area (Å²) in [5.41, 5.74) is 0.497. The van der Waals surface area contributed by atoms with Gasteiger partial charge in [-0.15, -0.1) is 11.3 Å². The quantitative estimate of drug-likeness (QED) is 0.437. The van der Waals surface area contributed by atoms with E-state index in [4.69, 9.17) is 9.47 Å². The number of aromatic nitrogens is 1. The second-order valence-electron chi connectivity index (χ2n) is 9.66. The number of nitrogens with one attached hydrogen (secondary N) is 3. The molecule has 0 spiro atoms. The molecule has 37 heavy (non-hydrogen) atoms. The first-order chi connectivity index (χ1) is 17.4. The molecule has 1 aliphatic rings. The van der Waals surface area contributed by atoms with Gasteiger partial charge >= 0.3 is 12.1 Å². The molecule has 1 aliphatic carbocycles. The van der Waals surface area contributed by atoms with E-state index in [0.29, 0.717) is 28.7 Å². The van der Waals surface area contributed by atoms with E-state index in [-0.39, 0.29) is 30.4 Å². The predicted octanol–water partition coefficient (Wildman–Crippen LogP) is 3.53. The summed E-state index contributed by atoms with van der Waals surface area (Å²) in [6.07, 6.45) is 1.04. The molecule has 1 aromatic heterocycles. The van der Waals surface area contributed by atoms with E-state index >= 15 is 0 Å². The van der Waals surface area contributed by atoms with Crippen LogP contribution in [0.5, 0.6) is 0 Å². The topological polar surface area (TPSA) is 153 Å². The highest BCUT2D eigenvalue weighted by atomic mass is 32.1. The highest BCUT2D eigenvalue weighted by Gasteiger charge is 2.35. The van der Waals surface area contributed by atoms with Crippen LogP contribution >= 0.6 is 11.3 Å². The summed E-state index contributed by atoms with van der Waals surface area (Å²) in [6.45, 7) is 7.08. The molecule has 1 fully saturated rings. The van der Waals surface area contributed by atoms with Crippen molar-refractivity contribution in [2.75, 3.05) is 11.9 Å². The third-order valence-electron chi connectivity index (χ3n) is 5.51. The maximum absolute atomic E-state index is 12.9. The number of hydrogen-bond acceptors (Lipinski definition) is 9. The summed E-state index contributed by atoms with van der Waals surface area (Å²) >= 11 is 1.16. The zero-order valence-electron chi connectivity index (χ0n) is 21.3. The number of esters is 1. The molecular weight excluding hydrogens is 500 g/mol. The maximum atomic E-state index is 12.9. The largest absolute Gasteiger partial charge is 0.460 e. The molecule has 200 valence electrons. The van der Waals surface area contributed by atoms with Gasteiger partial charge in [0.25, 0.3) is 5.91 Å². The Bertz CT molecular complexity index is 1190. The van der Waals surface area contributed by atoms with Gasteiger partial charge in [0.05, 0.1) is 29.2 Å². The summed E-state index contributed by atoms with van der Waals surface area (Å²) in [7, 11) is 0. The number of imide groups is 1. The van der Waals surface area contributed by atoms with Crippen LogP contribution in [0, 0.1) is 5.92 Å². The molecule has 11 nitrogen and oxygen atoms in total. The molecule has 1 saturated carbocycles. The maximum Gasteiger partial charge on any atom is 0.413 e. The first kappa shape index (κ1) is 28.0. The number of hydrogen-bond donors (Lipinski definition) is 3. The van der Waals surface area contributed by atoms with Crippen LogP contribution in [-0.4, -0.2) is 53.0 Å². The molecule has 3 rings (SSSR count). The van der Waals surface area contributed by atoms with Gasteiger partial charge in [0.15, 0.2) is 5.01 Å². The van der Waals surface area contributed by atoms with Gasteiger partial charge in [-0.3, -0.25) is 24.5 Å². The van der Waals surface area contributed by atoms with Crippen molar-refractivity contribution in [3.05, 3.63) is 23.2 Å². The highest BCUT2D eigenvalue weighted by molar-refractivity contribution is 7.20. The van der Waals surface area contributed by atoms with E-state index in [1.165, 1.54) is 0 Å². The molecule has 0 bridgehead atoms. The SMILES string of the molecule is CCOC(=O)NC(=O)C1CCCC1NC(=O)c1nc2ccc(NC(=O)CCC(=O)OC(C)(C)C)cc2s1. The van der Waals surface area contributed by atoms with E-state index in [1.54, 1.807) is 45.9 Å². The lowest BCUT2D eigenvalue weighted by Crippen LogP contribution is -2.45. The molecule has 1 aromatic carbocycles. The minimum absolute atomic E-state index is 0.0183. The number of thiazole rings is 1. The zero-order chi connectivity index (χ0) is 27.2. The monoisotopic (exact) mass is 532 g/mol. The molecule has 4 amide bonds. The minimum Gasteiger partial charge on any atom is -0.460 e. The molecule has 0 saturated heterocycles. The summed E-state index contributed by atoms with van der Waals surface area (Å²) < 4.78 is 10.7. The summed E-state index contributed by atoms with van der Waals surface area (Å²) in [5.74, 6) is -2.20. The lowest BCUT2D eigenvalue weighted by molar-refractivity contribution is -0.155. The van der Waals surface area contributed by atoms with Crippen molar-refractivity contribution in [2.45, 2.75) is 71.4 Å². The predicted molar refractivity (Wildman–Crippen MR) is 137 cm³/mol. The normalized spacial score (nSPS) is 17.2. The minimum atomic E-state index is -0.802. The second-order valence-corrected chi connectivity index (χ2v) is 10.7. The smallest absolute Gasteiger partial charge is 0.413 e. The summed E-state index contributed by atoms with van der Waals surface area (Å²) in [5, 5.41) is 8.04. The Kier molecular flexibility index (Phi) is 9.19. The highest BCUT2D eigenvalue weighted by Crippen LogP contribution is 2.28. The molecule has 12 heteroatoms. The van der Waals surface area contributed by atoms with Crippen molar-refractivity contribution in [3.63, 3.8) is 0 Å². The van der Waals surface area contributed by atoms with Crippen LogP contribution in [-0.2, 0) is 23.9 Å². The molecule has 2 atom stereocenters. The second kappa shape index (κ2) is 12.1. The third kappa shape index (κ3) is 8.24. The number of benzene rings is 1. The van der Waals surface area contributed by atoms with Crippen molar-refractivity contribution >= 4 is 57.0 Å². The molecule has 2 unspecified atom stereocenters. The number of ether oxygens (including phenoxy) is 2. The molecule has 0 radical (unpaired) electrons. The van der Waals surface area contributed by atoms with Crippen LogP contribution in [0.25, 0.3) is 10.2 Å². The summed E-state index contributed by atoms with van der Waals surface area (Å²) in [6, 6.07) is 4.65. The molecule has 0 aliphatic heterocycles. The number of rotatable bonds is 8. The molecule has 2 aromatic rings. The van der Waals surface area contributed by atoms with Crippen molar-refractivity contribution in [1.82, 2.24) is 15.6 Å². The van der Waals surface area contributed by atoms with Crippen LogP contribution < -0.4 is 16.0 Å². The van der Waals surface area contributed by atoms with Gasteiger partial charge in [0.1, 0.15) is 5.60 Å². The number of alkyl carbamates (subject to hydrolysis) is 1. The van der Waals surface area contributed by atoms with Crippen molar-refractivity contribution in [2.24, 2.45) is 5.92 Å². The van der Waals surface area contributed by atoms with Crippen LogP contribution in [0.15, 0.2) is 18.2 Å². The Morgan fingerprint density at radius 1 is 1.11 bits per heavy atom. The van der Waals surface area contributed by atoms with Gasteiger partial charge in [-0.2, -0.15) is 0 Å². The molecular formula is C25H32N4O7S. The fraction of sp³-hybridized carbons (Fsp3) is 0.520. The van der Waals surface area contributed by atoms with Crippen LogP contribution in [0.3, 0.4) is 0 Å². The first-order valence-corrected chi connectivity index (χ1v) is 13.0. The van der Waals surface area contributed by atoms with Crippen molar-refractivity contribution < 1.29 is 33.4 Å². The van der Waals surface area contributed by atoms with E-state index < -0.39 is 41.4 Å². The Hall–Kier alpha value is -3.54. The van der Waals surface area contributed by atoms with Crippen LogP contribution in [0.4, 0.5) is 10.5 Å². The fourth-order valence-electron chi connectivity index (χ4n) is 3.97. The average Bonchev–Trinajstić information content (AvgIpc) is 3.43. The third-order valence-corrected chi connectivity index (χ3v) is 6.53. The van der Waals surface area contributed by atoms with E-state index in [0.717, 1.165) is 17.8 Å². The van der Waals surface area contributed by atoms with Gasteiger partial charge in [0.2, 0.25) is 11.8 Å². The average molecular weight is 533 g/mol. The van der Waals surface area contributed by atoms with E-state index in [1.807, 2.05) is 0 Å². The number of nitrogens with zero attached hydrogens (tertiary/aromatic N) is 1. The van der Waals surface area contributed by atoms with Gasteiger partial charge < -0.3 is 20.1 Å². The Balaban J connectivity index is 1.58. The number of carbonyl (C=O) groups excluding carboxylic acids is 5. The fourth-order valence-corrected chi connectivity index (χ4v) is 4.88. The molecule has 1 heterocycles. The van der Waals surface area contributed by atoms with Crippen LogP contribution in [0.1, 0.15) is 69.6 Å². The Labute approximate surface area is 218 Å². The van der Waals surface area contributed by atoms with Gasteiger partial charge in [-0.05, 0) is 58.7 Å². The van der Waals surface area contributed by atoms with Crippen LogP contribution in [0.2, 0.25) is 0 Å². The number of anilines is 1. The Morgan fingerprint density at radius 3 is 2.57 bits per heavy atom. The lowest BCUT2D eigenvalue weighted by Gasteiger charge is -2.19. The lowest BCUT2D eigenvalue weighted by atomic mass is 10.0. The number of amides is 4. The first-order valence-electron chi connectivity index (χ1n) is 12.2. The van der Waals surface area contributed by atoms with Gasteiger partial charge in [-0.25, -0.2) is 9.78 Å². The van der Waals surface area contributed by atoms with E-state index in [9.17, 15) is 24.0 Å². The van der Waals surface area contributed by atoms with Crippen molar-refractivity contribution in [1.29, 1.82) is 0 Å². The van der Waals surface area contributed by atoms with Gasteiger partial charge in [-0.1, -0.05) is 6.42 Å². The molecule has 3 N–H and O–H groups in total. The number of carbonyl (C=O) groups is 5. The van der Waals surface area contributed by atoms with Crippen molar-refractivity contribution in [3.8, 4) is 0 Å². The Morgan fingerprint density at radius 2 is 1.86 bits per heavy atom. The van der Waals surface area contributed by atoms with Gasteiger partial charge in [0, 0.05) is 18.2 Å². The summed E-state index contributed by atoms with van der Waals surface area (Å²) in [4.78, 5) is 65.3. The number of fused-ring (bicyclic) bond motifs is 1.